The summed E-state index contributed by atoms with van der Waals surface area (Å²) in [7, 11) is 0. The Morgan fingerprint density at radius 1 is 1.21 bits per heavy atom. The van der Waals surface area contributed by atoms with E-state index in [-0.39, 0.29) is 12.4 Å². The molecule has 0 saturated carbocycles. The maximum atomic E-state index is 13.4. The minimum absolute atomic E-state index is 0.102. The summed E-state index contributed by atoms with van der Waals surface area (Å²) in [5.41, 5.74) is 1.84. The van der Waals surface area contributed by atoms with Gasteiger partial charge in [-0.2, -0.15) is 4.39 Å². The fourth-order valence-corrected chi connectivity index (χ4v) is 2.03. The Labute approximate surface area is 109 Å². The third kappa shape index (κ3) is 2.36. The van der Waals surface area contributed by atoms with E-state index in [1.54, 1.807) is 0 Å². The zero-order valence-electron chi connectivity index (χ0n) is 10.1. The molecule has 0 bridgehead atoms. The molecule has 0 saturated heterocycles. The van der Waals surface area contributed by atoms with Crippen LogP contribution in [-0.4, -0.2) is 11.5 Å². The molecule has 1 aliphatic rings. The van der Waals surface area contributed by atoms with Crippen LogP contribution in [0.2, 0.25) is 0 Å². The summed E-state index contributed by atoms with van der Waals surface area (Å²) >= 11 is 0. The van der Waals surface area contributed by atoms with E-state index in [0.29, 0.717) is 5.69 Å². The van der Waals surface area contributed by atoms with E-state index in [1.165, 1.54) is 17.7 Å². The normalized spacial score (nSPS) is 12.9. The Hall–Kier alpha value is -2.17. The molecule has 0 aliphatic carbocycles. The smallest absolute Gasteiger partial charge is 0.200 e. The molecule has 2 heterocycles. The van der Waals surface area contributed by atoms with Crippen molar-refractivity contribution >= 4 is 5.82 Å². The molecule has 1 aromatic carbocycles. The minimum atomic E-state index is -0.971. The van der Waals surface area contributed by atoms with Crippen LogP contribution in [0, 0.1) is 11.6 Å². The van der Waals surface area contributed by atoms with E-state index in [9.17, 15) is 8.78 Å². The zero-order chi connectivity index (χ0) is 13.2. The van der Waals surface area contributed by atoms with Gasteiger partial charge in [0.15, 0.2) is 11.6 Å². The fourth-order valence-electron chi connectivity index (χ4n) is 2.03. The molecule has 1 aromatic heterocycles. The van der Waals surface area contributed by atoms with Gasteiger partial charge in [-0.1, -0.05) is 12.1 Å². The third-order valence-corrected chi connectivity index (χ3v) is 3.01. The number of nitrogens with zero attached hydrogens (tertiary/aromatic N) is 1. The number of aromatic nitrogens is 1. The second-order valence-corrected chi connectivity index (χ2v) is 4.33. The molecule has 0 spiro atoms. The largest absolute Gasteiger partial charge is 0.484 e. The highest BCUT2D eigenvalue weighted by Crippen LogP contribution is 2.22. The van der Waals surface area contributed by atoms with Crippen LogP contribution in [0.5, 0.6) is 5.75 Å². The first-order chi connectivity index (χ1) is 9.24. The van der Waals surface area contributed by atoms with Crippen molar-refractivity contribution in [2.45, 2.75) is 13.0 Å². The lowest BCUT2D eigenvalue weighted by Crippen LogP contribution is -2.02. The number of hydrogen-bond donors (Lipinski definition) is 1. The van der Waals surface area contributed by atoms with Crippen LogP contribution in [0.1, 0.15) is 11.3 Å². The van der Waals surface area contributed by atoms with Crippen LogP contribution >= 0.6 is 0 Å². The Bertz CT molecular complexity index is 616. The van der Waals surface area contributed by atoms with Gasteiger partial charge in [-0.15, -0.1) is 0 Å². The van der Waals surface area contributed by atoms with E-state index >= 15 is 0 Å². The first-order valence-electron chi connectivity index (χ1n) is 6.03. The average molecular weight is 262 g/mol. The van der Waals surface area contributed by atoms with Gasteiger partial charge >= 0.3 is 0 Å². The molecule has 0 fully saturated rings. The predicted molar refractivity (Wildman–Crippen MR) is 67.1 cm³/mol. The van der Waals surface area contributed by atoms with Gasteiger partial charge in [0, 0.05) is 6.54 Å². The summed E-state index contributed by atoms with van der Waals surface area (Å²) in [5, 5.41) is 3.16. The maximum Gasteiger partial charge on any atom is 0.200 e. The van der Waals surface area contributed by atoms with Crippen LogP contribution in [0.25, 0.3) is 0 Å². The third-order valence-electron chi connectivity index (χ3n) is 3.01. The number of hydrogen-bond acceptors (Lipinski definition) is 3. The second-order valence-electron chi connectivity index (χ2n) is 4.33. The summed E-state index contributed by atoms with van der Waals surface area (Å²) in [4.78, 5) is 4.37. The molecule has 2 aromatic rings. The molecule has 19 heavy (non-hydrogen) atoms. The standard InChI is InChI=1S/C14H12F2N2O/c15-11-2-1-3-12(13(11)16)19-8-10-5-4-9-6-7-17-14(9)18-10/h1-5H,6-8H2,(H,17,18). The topological polar surface area (TPSA) is 34.1 Å². The Balaban J connectivity index is 1.74. The number of halogens is 2. The van der Waals surface area contributed by atoms with Crippen molar-refractivity contribution in [2.24, 2.45) is 0 Å². The first kappa shape index (κ1) is 11.9. The molecule has 1 aliphatic heterocycles. The van der Waals surface area contributed by atoms with Crippen molar-refractivity contribution < 1.29 is 13.5 Å². The lowest BCUT2D eigenvalue weighted by atomic mass is 10.2. The van der Waals surface area contributed by atoms with E-state index in [0.717, 1.165) is 24.8 Å². The molecular weight excluding hydrogens is 250 g/mol. The zero-order valence-corrected chi connectivity index (χ0v) is 10.1. The Morgan fingerprint density at radius 3 is 3.00 bits per heavy atom. The van der Waals surface area contributed by atoms with E-state index in [4.69, 9.17) is 4.74 Å². The molecule has 98 valence electrons. The lowest BCUT2D eigenvalue weighted by molar-refractivity contribution is 0.280. The number of fused-ring (bicyclic) bond motifs is 1. The number of ether oxygens (including phenoxy) is 1. The lowest BCUT2D eigenvalue weighted by Gasteiger charge is -2.08. The number of rotatable bonds is 3. The Morgan fingerprint density at radius 2 is 2.11 bits per heavy atom. The van der Waals surface area contributed by atoms with Gasteiger partial charge < -0.3 is 10.1 Å². The molecule has 0 radical (unpaired) electrons. The fraction of sp³-hybridized carbons (Fsp3) is 0.214. The molecule has 0 unspecified atom stereocenters. The van der Waals surface area contributed by atoms with Crippen LogP contribution < -0.4 is 10.1 Å². The van der Waals surface area contributed by atoms with E-state index < -0.39 is 11.6 Å². The van der Waals surface area contributed by atoms with Crippen molar-refractivity contribution in [3.05, 3.63) is 53.2 Å². The Kier molecular flexibility index (Phi) is 3.03. The molecule has 3 nitrogen and oxygen atoms in total. The summed E-state index contributed by atoms with van der Waals surface area (Å²) < 4.78 is 31.7. The van der Waals surface area contributed by atoms with Crippen LogP contribution in [0.15, 0.2) is 30.3 Å². The molecule has 3 rings (SSSR count). The van der Waals surface area contributed by atoms with E-state index in [1.807, 2.05) is 12.1 Å². The molecule has 0 atom stereocenters. The number of anilines is 1. The number of benzene rings is 1. The predicted octanol–water partition coefficient (Wildman–Crippen LogP) is 2.91. The van der Waals surface area contributed by atoms with Crippen molar-refractivity contribution in [2.75, 3.05) is 11.9 Å². The van der Waals surface area contributed by atoms with Gasteiger partial charge in [0.25, 0.3) is 0 Å². The van der Waals surface area contributed by atoms with Gasteiger partial charge in [0.05, 0.1) is 5.69 Å². The van der Waals surface area contributed by atoms with Crippen LogP contribution in [0.4, 0.5) is 14.6 Å². The summed E-state index contributed by atoms with van der Waals surface area (Å²) in [6, 6.07) is 7.67. The molecule has 0 amide bonds. The number of pyridine rings is 1. The highest BCUT2D eigenvalue weighted by molar-refractivity contribution is 5.49. The van der Waals surface area contributed by atoms with Crippen molar-refractivity contribution in [1.82, 2.24) is 4.98 Å². The van der Waals surface area contributed by atoms with Crippen LogP contribution in [-0.2, 0) is 13.0 Å². The second kappa shape index (κ2) is 4.84. The molecule has 1 N–H and O–H groups in total. The molecular formula is C14H12F2N2O. The highest BCUT2D eigenvalue weighted by Gasteiger charge is 2.13. The maximum absolute atomic E-state index is 13.4. The average Bonchev–Trinajstić information content (AvgIpc) is 2.88. The summed E-state index contributed by atoms with van der Waals surface area (Å²) in [6.07, 6.45) is 0.960. The minimum Gasteiger partial charge on any atom is -0.484 e. The first-order valence-corrected chi connectivity index (χ1v) is 6.03. The SMILES string of the molecule is Fc1cccc(OCc2ccc3c(n2)NCC3)c1F. The summed E-state index contributed by atoms with van der Waals surface area (Å²) in [5.74, 6) is -1.14. The monoisotopic (exact) mass is 262 g/mol. The molecule has 5 heteroatoms. The van der Waals surface area contributed by atoms with Crippen molar-refractivity contribution in [3.63, 3.8) is 0 Å². The number of nitrogens with one attached hydrogen (secondary N) is 1. The van der Waals surface area contributed by atoms with E-state index in [2.05, 4.69) is 10.3 Å². The van der Waals surface area contributed by atoms with Gasteiger partial charge in [0.2, 0.25) is 5.82 Å². The quantitative estimate of drug-likeness (QED) is 0.923. The van der Waals surface area contributed by atoms with Crippen molar-refractivity contribution in [1.29, 1.82) is 0 Å². The van der Waals surface area contributed by atoms with Gasteiger partial charge in [-0.3, -0.25) is 0 Å². The highest BCUT2D eigenvalue weighted by atomic mass is 19.2. The summed E-state index contributed by atoms with van der Waals surface area (Å²) in [6.45, 7) is 0.987. The van der Waals surface area contributed by atoms with Crippen LogP contribution in [0.3, 0.4) is 0 Å². The van der Waals surface area contributed by atoms with Gasteiger partial charge in [-0.25, -0.2) is 9.37 Å². The van der Waals surface area contributed by atoms with Crippen molar-refractivity contribution in [3.8, 4) is 5.75 Å². The van der Waals surface area contributed by atoms with Gasteiger partial charge in [0.1, 0.15) is 12.4 Å². The van der Waals surface area contributed by atoms with Gasteiger partial charge in [-0.05, 0) is 30.2 Å².